The Morgan fingerprint density at radius 2 is 2.12 bits per heavy atom. The molecule has 0 bridgehead atoms. The topological polar surface area (TPSA) is 95.8 Å². The molecule has 2 aliphatic rings. The lowest BCUT2D eigenvalue weighted by atomic mass is 10.0. The highest BCUT2D eigenvalue weighted by Gasteiger charge is 2.60. The van der Waals surface area contributed by atoms with Crippen LogP contribution in [0.2, 0.25) is 0 Å². The Kier molecular flexibility index (Phi) is 5.22. The molecule has 1 aromatic carbocycles. The van der Waals surface area contributed by atoms with Crippen LogP contribution in [0.25, 0.3) is 21.4 Å². The first kappa shape index (κ1) is 22.2. The number of alkyl halides is 2. The molecule has 2 aromatic heterocycles. The fourth-order valence-electron chi connectivity index (χ4n) is 4.56. The molecule has 0 aliphatic carbocycles. The van der Waals surface area contributed by atoms with Crippen LogP contribution in [0.1, 0.15) is 18.9 Å². The second-order valence-corrected chi connectivity index (χ2v) is 11.2. The minimum atomic E-state index is -3.86. The SMILES string of the molecule is CCS(=O)(=O)N[C@@H]1CN2C(=O)N(c3noc4cccc(-c5sccc5C)c34)CCC2C1(F)F. The lowest BCUT2D eigenvalue weighted by Crippen LogP contribution is -2.56. The number of carbonyl (C=O) groups excluding carboxylic acids is 1. The van der Waals surface area contributed by atoms with Crippen LogP contribution in [0.3, 0.4) is 0 Å². The van der Waals surface area contributed by atoms with E-state index in [2.05, 4.69) is 9.88 Å². The number of aromatic nitrogens is 1. The summed E-state index contributed by atoms with van der Waals surface area (Å²) in [6.45, 7) is 2.96. The molecule has 1 unspecified atom stereocenters. The predicted molar refractivity (Wildman–Crippen MR) is 121 cm³/mol. The van der Waals surface area contributed by atoms with Crippen molar-refractivity contribution in [1.29, 1.82) is 0 Å². The van der Waals surface area contributed by atoms with E-state index in [0.29, 0.717) is 11.0 Å². The predicted octanol–water partition coefficient (Wildman–Crippen LogP) is 3.82. The summed E-state index contributed by atoms with van der Waals surface area (Å²) in [5, 5.41) is 6.73. The number of nitrogens with zero attached hydrogens (tertiary/aromatic N) is 3. The Labute approximate surface area is 193 Å². The maximum Gasteiger partial charge on any atom is 0.326 e. The molecule has 2 amide bonds. The largest absolute Gasteiger partial charge is 0.354 e. The van der Waals surface area contributed by atoms with E-state index in [1.807, 2.05) is 30.5 Å². The van der Waals surface area contributed by atoms with Gasteiger partial charge in [-0.25, -0.2) is 26.7 Å². The van der Waals surface area contributed by atoms with Gasteiger partial charge in [0.05, 0.1) is 11.1 Å². The van der Waals surface area contributed by atoms with Crippen molar-refractivity contribution in [3.05, 3.63) is 35.2 Å². The summed E-state index contributed by atoms with van der Waals surface area (Å²) in [6.07, 6.45) is -0.0301. The summed E-state index contributed by atoms with van der Waals surface area (Å²) in [7, 11) is -3.86. The number of nitrogens with one attached hydrogen (secondary N) is 1. The van der Waals surface area contributed by atoms with Gasteiger partial charge in [0.1, 0.15) is 12.1 Å². The zero-order chi connectivity index (χ0) is 23.5. The van der Waals surface area contributed by atoms with Gasteiger partial charge in [0.25, 0.3) is 5.92 Å². The molecule has 4 heterocycles. The molecule has 2 fully saturated rings. The fraction of sp³-hybridized carbons (Fsp3) is 0.429. The molecule has 8 nitrogen and oxygen atoms in total. The number of amides is 2. The Bertz CT molecular complexity index is 1340. The summed E-state index contributed by atoms with van der Waals surface area (Å²) in [5.74, 6) is -3.42. The van der Waals surface area contributed by atoms with Crippen LogP contribution in [0.4, 0.5) is 19.4 Å². The first-order valence-corrected chi connectivity index (χ1v) is 13.1. The summed E-state index contributed by atoms with van der Waals surface area (Å²) in [5.41, 5.74) is 2.41. The molecule has 0 saturated carbocycles. The van der Waals surface area contributed by atoms with Gasteiger partial charge in [-0.3, -0.25) is 4.90 Å². The second-order valence-electron chi connectivity index (χ2n) is 8.26. The smallest absolute Gasteiger partial charge is 0.326 e. The number of rotatable bonds is 5. The standard InChI is InChI=1S/C21H22F2N4O4S2/c1-3-33(29,30)25-15-11-27-16(21(15,22)23)7-9-26(20(27)28)19-17-13(18-12(2)8-10-32-18)5-4-6-14(17)31-24-19/h4-6,8,10,15-16,25H,3,7,9,11H2,1-2H3/t15-,16?/m1/s1. The van der Waals surface area contributed by atoms with Crippen LogP contribution >= 0.6 is 11.3 Å². The van der Waals surface area contributed by atoms with Crippen LogP contribution in [-0.2, 0) is 10.0 Å². The number of fused-ring (bicyclic) bond motifs is 2. The third kappa shape index (κ3) is 3.51. The zero-order valence-electron chi connectivity index (χ0n) is 17.9. The number of hydrogen-bond acceptors (Lipinski definition) is 6. The number of thiophene rings is 1. The van der Waals surface area contributed by atoms with E-state index in [1.54, 1.807) is 17.4 Å². The van der Waals surface area contributed by atoms with Crippen LogP contribution in [0, 0.1) is 6.92 Å². The van der Waals surface area contributed by atoms with Gasteiger partial charge in [-0.15, -0.1) is 11.3 Å². The van der Waals surface area contributed by atoms with Crippen LogP contribution in [0.15, 0.2) is 34.2 Å². The number of halogens is 2. The highest BCUT2D eigenvalue weighted by molar-refractivity contribution is 7.89. The van der Waals surface area contributed by atoms with Crippen molar-refractivity contribution in [2.75, 3.05) is 23.7 Å². The summed E-state index contributed by atoms with van der Waals surface area (Å²) in [6, 6.07) is 3.79. The lowest BCUT2D eigenvalue weighted by Gasteiger charge is -2.37. The molecular formula is C21H22F2N4O4S2. The van der Waals surface area contributed by atoms with Crippen molar-refractivity contribution in [1.82, 2.24) is 14.8 Å². The first-order valence-electron chi connectivity index (χ1n) is 10.5. The lowest BCUT2D eigenvalue weighted by molar-refractivity contribution is -0.0448. The van der Waals surface area contributed by atoms with E-state index in [1.165, 1.54) is 11.8 Å². The minimum absolute atomic E-state index is 0.0161. The van der Waals surface area contributed by atoms with E-state index < -0.39 is 40.6 Å². The number of benzene rings is 1. The Balaban J connectivity index is 1.51. The van der Waals surface area contributed by atoms with Crippen molar-refractivity contribution in [3.8, 4) is 10.4 Å². The van der Waals surface area contributed by atoms with Gasteiger partial charge in [-0.2, -0.15) is 0 Å². The molecule has 33 heavy (non-hydrogen) atoms. The number of hydrogen-bond donors (Lipinski definition) is 1. The van der Waals surface area contributed by atoms with Gasteiger partial charge in [-0.05, 0) is 43.3 Å². The summed E-state index contributed by atoms with van der Waals surface area (Å²) in [4.78, 5) is 16.7. The highest BCUT2D eigenvalue weighted by atomic mass is 32.2. The van der Waals surface area contributed by atoms with Gasteiger partial charge >= 0.3 is 6.03 Å². The van der Waals surface area contributed by atoms with Crippen molar-refractivity contribution in [2.24, 2.45) is 0 Å². The quantitative estimate of drug-likeness (QED) is 0.579. The monoisotopic (exact) mass is 496 g/mol. The highest BCUT2D eigenvalue weighted by Crippen LogP contribution is 2.43. The maximum atomic E-state index is 15.0. The van der Waals surface area contributed by atoms with E-state index in [9.17, 15) is 13.2 Å². The summed E-state index contributed by atoms with van der Waals surface area (Å²) < 4.78 is 61.5. The molecule has 2 aliphatic heterocycles. The number of anilines is 1. The number of carbonyl (C=O) groups is 1. The molecule has 5 rings (SSSR count). The number of sulfonamides is 1. The normalized spacial score (nSPS) is 22.8. The van der Waals surface area contributed by atoms with Gasteiger partial charge < -0.3 is 9.42 Å². The van der Waals surface area contributed by atoms with Crippen molar-refractivity contribution >= 4 is 44.2 Å². The number of urea groups is 1. The fourth-order valence-corrected chi connectivity index (χ4v) is 6.35. The first-order chi connectivity index (χ1) is 15.6. The molecule has 176 valence electrons. The zero-order valence-corrected chi connectivity index (χ0v) is 19.5. The molecule has 2 atom stereocenters. The van der Waals surface area contributed by atoms with E-state index in [0.717, 1.165) is 20.9 Å². The summed E-state index contributed by atoms with van der Waals surface area (Å²) >= 11 is 1.55. The van der Waals surface area contributed by atoms with E-state index in [4.69, 9.17) is 4.52 Å². The van der Waals surface area contributed by atoms with Crippen molar-refractivity contribution in [3.63, 3.8) is 0 Å². The van der Waals surface area contributed by atoms with Crippen LogP contribution < -0.4 is 9.62 Å². The molecular weight excluding hydrogens is 474 g/mol. The Morgan fingerprint density at radius 3 is 2.82 bits per heavy atom. The Hall–Kier alpha value is -2.57. The molecule has 1 N–H and O–H groups in total. The van der Waals surface area contributed by atoms with Crippen LogP contribution in [0.5, 0.6) is 0 Å². The third-order valence-corrected chi connectivity index (χ3v) is 8.77. The van der Waals surface area contributed by atoms with Gasteiger partial charge in [-0.1, -0.05) is 17.3 Å². The molecule has 2 saturated heterocycles. The maximum absolute atomic E-state index is 15.0. The van der Waals surface area contributed by atoms with Gasteiger partial charge in [0.2, 0.25) is 10.0 Å². The molecule has 0 spiro atoms. The molecule has 0 radical (unpaired) electrons. The number of aryl methyl sites for hydroxylation is 1. The Morgan fingerprint density at radius 1 is 1.33 bits per heavy atom. The van der Waals surface area contributed by atoms with Crippen molar-refractivity contribution in [2.45, 2.75) is 38.3 Å². The van der Waals surface area contributed by atoms with Crippen molar-refractivity contribution < 1.29 is 26.5 Å². The minimum Gasteiger partial charge on any atom is -0.354 e. The second kappa shape index (κ2) is 7.74. The van der Waals surface area contributed by atoms with E-state index in [-0.39, 0.29) is 24.5 Å². The average molecular weight is 497 g/mol. The van der Waals surface area contributed by atoms with E-state index >= 15 is 8.78 Å². The molecule has 3 aromatic rings. The van der Waals surface area contributed by atoms with Gasteiger partial charge in [0.15, 0.2) is 11.4 Å². The third-order valence-electron chi connectivity index (χ3n) is 6.31. The molecule has 12 heteroatoms. The van der Waals surface area contributed by atoms with Crippen LogP contribution in [-0.4, -0.2) is 61.4 Å². The average Bonchev–Trinajstić information content (AvgIpc) is 3.46. The van der Waals surface area contributed by atoms with Gasteiger partial charge in [0, 0.05) is 23.5 Å².